The zero-order valence-electron chi connectivity index (χ0n) is 11.8. The molecule has 0 aliphatic carbocycles. The van der Waals surface area contributed by atoms with Crippen molar-refractivity contribution in [2.45, 2.75) is 26.4 Å². The van der Waals surface area contributed by atoms with Gasteiger partial charge in [0.25, 0.3) is 0 Å². The van der Waals surface area contributed by atoms with Gasteiger partial charge in [-0.05, 0) is 30.7 Å². The molecule has 3 rings (SSSR count). The van der Waals surface area contributed by atoms with Crippen LogP contribution in [0.4, 0.5) is 0 Å². The highest BCUT2D eigenvalue weighted by Gasteiger charge is 2.07. The minimum atomic E-state index is 0.732. The summed E-state index contributed by atoms with van der Waals surface area (Å²) in [5.41, 5.74) is 1.18. The van der Waals surface area contributed by atoms with E-state index in [1.54, 1.807) is 13.4 Å². The highest BCUT2D eigenvalue weighted by molar-refractivity contribution is 5.81. The predicted molar refractivity (Wildman–Crippen MR) is 77.9 cm³/mol. The van der Waals surface area contributed by atoms with E-state index in [4.69, 9.17) is 4.74 Å². The van der Waals surface area contributed by atoms with E-state index in [-0.39, 0.29) is 0 Å². The van der Waals surface area contributed by atoms with Gasteiger partial charge in [0.1, 0.15) is 17.9 Å². The Hall–Kier alpha value is -2.30. The van der Waals surface area contributed by atoms with Crippen molar-refractivity contribution in [1.82, 2.24) is 19.3 Å². The van der Waals surface area contributed by atoms with Crippen LogP contribution in [0.15, 0.2) is 36.8 Å². The van der Waals surface area contributed by atoms with Crippen molar-refractivity contribution in [3.63, 3.8) is 0 Å². The fourth-order valence-electron chi connectivity index (χ4n) is 2.40. The minimum Gasteiger partial charge on any atom is -0.497 e. The van der Waals surface area contributed by atoms with Crippen molar-refractivity contribution in [3.8, 4) is 5.75 Å². The molecule has 0 saturated carbocycles. The van der Waals surface area contributed by atoms with Gasteiger partial charge in [-0.15, -0.1) is 0 Å². The first-order valence-corrected chi connectivity index (χ1v) is 6.81. The van der Waals surface area contributed by atoms with Gasteiger partial charge >= 0.3 is 0 Å². The number of ether oxygens (including phenoxy) is 1. The fraction of sp³-hybridized carbons (Fsp3) is 0.333. The zero-order chi connectivity index (χ0) is 13.9. The number of benzene rings is 1. The number of nitrogens with zero attached hydrogens (tertiary/aromatic N) is 4. The van der Waals surface area contributed by atoms with Crippen molar-refractivity contribution in [1.29, 1.82) is 0 Å². The van der Waals surface area contributed by atoms with E-state index in [9.17, 15) is 0 Å². The van der Waals surface area contributed by atoms with Crippen LogP contribution in [-0.4, -0.2) is 26.4 Å². The third-order valence-electron chi connectivity index (χ3n) is 3.42. The summed E-state index contributed by atoms with van der Waals surface area (Å²) in [5, 5.41) is 5.44. The van der Waals surface area contributed by atoms with Gasteiger partial charge in [-0.25, -0.2) is 9.67 Å². The molecule has 2 aromatic heterocycles. The summed E-state index contributed by atoms with van der Waals surface area (Å²) in [6.45, 7) is 3.78. The molecule has 0 radical (unpaired) electrons. The van der Waals surface area contributed by atoms with E-state index in [2.05, 4.69) is 39.9 Å². The molecule has 0 aliphatic heterocycles. The molecule has 0 unspecified atom stereocenters. The van der Waals surface area contributed by atoms with Crippen molar-refractivity contribution in [2.24, 2.45) is 0 Å². The molecule has 5 nitrogen and oxygen atoms in total. The van der Waals surface area contributed by atoms with Gasteiger partial charge in [0.15, 0.2) is 0 Å². The van der Waals surface area contributed by atoms with Gasteiger partial charge in [0, 0.05) is 23.6 Å². The first-order chi connectivity index (χ1) is 9.81. The fourth-order valence-corrected chi connectivity index (χ4v) is 2.40. The van der Waals surface area contributed by atoms with Gasteiger partial charge < -0.3 is 9.30 Å². The van der Waals surface area contributed by atoms with E-state index < -0.39 is 0 Å². The SMILES string of the molecule is CCCn1ncnc1Cn1ccc2cc(OC)ccc21. The molecule has 0 bridgehead atoms. The Morgan fingerprint density at radius 3 is 2.95 bits per heavy atom. The van der Waals surface area contributed by atoms with Crippen LogP contribution in [0, 0.1) is 0 Å². The zero-order valence-corrected chi connectivity index (χ0v) is 11.8. The van der Waals surface area contributed by atoms with E-state index in [0.717, 1.165) is 31.1 Å². The van der Waals surface area contributed by atoms with E-state index >= 15 is 0 Å². The van der Waals surface area contributed by atoms with E-state index in [1.165, 1.54) is 10.9 Å². The second kappa shape index (κ2) is 5.36. The molecule has 0 atom stereocenters. The average molecular weight is 270 g/mol. The summed E-state index contributed by atoms with van der Waals surface area (Å²) in [4.78, 5) is 4.36. The first kappa shape index (κ1) is 12.7. The highest BCUT2D eigenvalue weighted by atomic mass is 16.5. The third kappa shape index (κ3) is 2.27. The van der Waals surface area contributed by atoms with Crippen LogP contribution in [0.2, 0.25) is 0 Å². The van der Waals surface area contributed by atoms with Crippen LogP contribution < -0.4 is 4.74 Å². The largest absolute Gasteiger partial charge is 0.497 e. The minimum absolute atomic E-state index is 0.732. The van der Waals surface area contributed by atoms with Gasteiger partial charge in [-0.3, -0.25) is 0 Å². The van der Waals surface area contributed by atoms with Crippen molar-refractivity contribution in [3.05, 3.63) is 42.6 Å². The lowest BCUT2D eigenvalue weighted by molar-refractivity contribution is 0.415. The van der Waals surface area contributed by atoms with Crippen molar-refractivity contribution >= 4 is 10.9 Å². The monoisotopic (exact) mass is 270 g/mol. The lowest BCUT2D eigenvalue weighted by Crippen LogP contribution is -2.09. The third-order valence-corrected chi connectivity index (χ3v) is 3.42. The second-order valence-corrected chi connectivity index (χ2v) is 4.77. The molecule has 5 heteroatoms. The molecular weight excluding hydrogens is 252 g/mol. The Kier molecular flexibility index (Phi) is 3.41. The number of hydrogen-bond donors (Lipinski definition) is 0. The van der Waals surface area contributed by atoms with E-state index in [1.807, 2.05) is 16.8 Å². The maximum absolute atomic E-state index is 5.25. The average Bonchev–Trinajstić information content (AvgIpc) is 3.07. The van der Waals surface area contributed by atoms with Crippen molar-refractivity contribution < 1.29 is 4.74 Å². The Balaban J connectivity index is 1.92. The number of methoxy groups -OCH3 is 1. The summed E-state index contributed by atoms with van der Waals surface area (Å²) in [5.74, 6) is 1.87. The van der Waals surface area contributed by atoms with Gasteiger partial charge in [0.2, 0.25) is 0 Å². The normalized spacial score (nSPS) is 11.1. The molecule has 0 N–H and O–H groups in total. The van der Waals surface area contributed by atoms with Gasteiger partial charge in [-0.1, -0.05) is 6.92 Å². The number of aromatic nitrogens is 4. The first-order valence-electron chi connectivity index (χ1n) is 6.81. The number of hydrogen-bond acceptors (Lipinski definition) is 3. The molecule has 104 valence electrons. The summed E-state index contributed by atoms with van der Waals surface area (Å²) < 4.78 is 9.41. The van der Waals surface area contributed by atoms with Gasteiger partial charge in [-0.2, -0.15) is 5.10 Å². The maximum atomic E-state index is 5.25. The molecule has 0 aliphatic rings. The number of aryl methyl sites for hydroxylation is 1. The Labute approximate surface area is 117 Å². The number of rotatable bonds is 5. The van der Waals surface area contributed by atoms with Crippen LogP contribution in [0.25, 0.3) is 10.9 Å². The molecule has 3 aromatic rings. The van der Waals surface area contributed by atoms with Crippen LogP contribution in [-0.2, 0) is 13.1 Å². The molecule has 20 heavy (non-hydrogen) atoms. The Morgan fingerprint density at radius 1 is 1.25 bits per heavy atom. The molecule has 0 spiro atoms. The van der Waals surface area contributed by atoms with Crippen LogP contribution in [0.1, 0.15) is 19.2 Å². The summed E-state index contributed by atoms with van der Waals surface area (Å²) >= 11 is 0. The Bertz CT molecular complexity index is 714. The Morgan fingerprint density at radius 2 is 2.15 bits per heavy atom. The smallest absolute Gasteiger partial charge is 0.146 e. The highest BCUT2D eigenvalue weighted by Crippen LogP contribution is 2.22. The maximum Gasteiger partial charge on any atom is 0.146 e. The van der Waals surface area contributed by atoms with Crippen LogP contribution >= 0.6 is 0 Å². The molecule has 1 aromatic carbocycles. The molecule has 0 fully saturated rings. The topological polar surface area (TPSA) is 44.9 Å². The summed E-state index contributed by atoms with van der Waals surface area (Å²) in [6, 6.07) is 8.20. The molecule has 2 heterocycles. The quantitative estimate of drug-likeness (QED) is 0.716. The lowest BCUT2D eigenvalue weighted by Gasteiger charge is -2.07. The lowest BCUT2D eigenvalue weighted by atomic mass is 10.2. The summed E-state index contributed by atoms with van der Waals surface area (Å²) in [7, 11) is 1.69. The molecular formula is C15H18N4O. The van der Waals surface area contributed by atoms with Crippen LogP contribution in [0.3, 0.4) is 0 Å². The van der Waals surface area contributed by atoms with E-state index in [0.29, 0.717) is 0 Å². The second-order valence-electron chi connectivity index (χ2n) is 4.77. The number of fused-ring (bicyclic) bond motifs is 1. The predicted octanol–water partition coefficient (Wildman–Crippen LogP) is 2.70. The standard InChI is InChI=1S/C15H18N4O/c1-3-7-19-15(16-11-17-19)10-18-8-6-12-9-13(20-2)4-5-14(12)18/h4-6,8-9,11H,3,7,10H2,1-2H3. The van der Waals surface area contributed by atoms with Crippen LogP contribution in [0.5, 0.6) is 5.75 Å². The molecule has 0 amide bonds. The summed E-state index contributed by atoms with van der Waals surface area (Å²) in [6.07, 6.45) is 4.76. The van der Waals surface area contributed by atoms with Crippen molar-refractivity contribution in [2.75, 3.05) is 7.11 Å². The van der Waals surface area contributed by atoms with Gasteiger partial charge in [0.05, 0.1) is 13.7 Å². The molecule has 0 saturated heterocycles.